The van der Waals surface area contributed by atoms with Crippen molar-refractivity contribution >= 4 is 17.9 Å². The fraction of sp³-hybridized carbons (Fsp3) is 0.522. The molecule has 3 N–H and O–H groups in total. The number of carbonyl (C=O) groups is 3. The Morgan fingerprint density at radius 1 is 0.938 bits per heavy atom. The largest absolute Gasteiger partial charge is 0.481 e. The van der Waals surface area contributed by atoms with Gasteiger partial charge in [-0.3, -0.25) is 9.69 Å². The average molecular weight is 451 g/mol. The molecule has 0 aromatic heterocycles. The first kappa shape index (κ1) is 27.3. The molecular formula is C23H34N2O7. The monoisotopic (exact) mass is 450 g/mol. The van der Waals surface area contributed by atoms with Gasteiger partial charge in [-0.2, -0.15) is 0 Å². The quantitative estimate of drug-likeness (QED) is 0.411. The van der Waals surface area contributed by atoms with Gasteiger partial charge >= 0.3 is 17.9 Å². The smallest absolute Gasteiger partial charge is 0.328 e. The van der Waals surface area contributed by atoms with E-state index in [4.69, 9.17) is 20.1 Å². The highest BCUT2D eigenvalue weighted by Crippen LogP contribution is 2.22. The number of nitrogens with zero attached hydrogens (tertiary/aromatic N) is 2. The van der Waals surface area contributed by atoms with Crippen molar-refractivity contribution in [1.29, 1.82) is 0 Å². The minimum absolute atomic E-state index is 0.188. The maximum Gasteiger partial charge on any atom is 0.328 e. The molecule has 1 heterocycles. The van der Waals surface area contributed by atoms with Crippen LogP contribution in [0.2, 0.25) is 0 Å². The van der Waals surface area contributed by atoms with Crippen LogP contribution in [0.25, 0.3) is 0 Å². The summed E-state index contributed by atoms with van der Waals surface area (Å²) in [5.74, 6) is -3.23. The van der Waals surface area contributed by atoms with Crippen molar-refractivity contribution in [2.75, 3.05) is 45.9 Å². The van der Waals surface area contributed by atoms with Crippen LogP contribution in [0.15, 0.2) is 42.5 Å². The van der Waals surface area contributed by atoms with E-state index in [9.17, 15) is 14.4 Å². The third-order valence-corrected chi connectivity index (χ3v) is 4.92. The first-order valence-corrected chi connectivity index (χ1v) is 10.8. The van der Waals surface area contributed by atoms with Crippen LogP contribution in [0.1, 0.15) is 37.9 Å². The number of hydrogen-bond donors (Lipinski definition) is 3. The summed E-state index contributed by atoms with van der Waals surface area (Å²) in [6, 6.07) is 10.5. The zero-order valence-electron chi connectivity index (χ0n) is 18.6. The SMILES string of the molecule is CCCC(OCCN1CCN(CCC(=O)O)CC1)c1ccccc1.O=C(O)/C=C\C(=O)O. The van der Waals surface area contributed by atoms with E-state index in [0.717, 1.165) is 52.2 Å². The van der Waals surface area contributed by atoms with Gasteiger partial charge in [0.15, 0.2) is 0 Å². The van der Waals surface area contributed by atoms with Crippen molar-refractivity contribution in [3.8, 4) is 0 Å². The Labute approximate surface area is 188 Å². The minimum atomic E-state index is -1.26. The van der Waals surface area contributed by atoms with Crippen LogP contribution < -0.4 is 0 Å². The molecule has 1 aliphatic heterocycles. The molecule has 0 aliphatic carbocycles. The molecule has 0 saturated carbocycles. The standard InChI is InChI=1S/C19H30N2O3.C4H4O4/c1-2-6-18(17-7-4-3-5-8-17)24-16-15-21-13-11-20(12-14-21)10-9-19(22)23;5-3(6)1-2-4(7)8/h3-5,7-8,18H,2,6,9-16H2,1H3,(H,22,23);1-2H,(H,5,6)(H,7,8)/b;2-1-. The molecule has 0 radical (unpaired) electrons. The third-order valence-electron chi connectivity index (χ3n) is 4.92. The molecule has 178 valence electrons. The van der Waals surface area contributed by atoms with Crippen LogP contribution >= 0.6 is 0 Å². The maximum atomic E-state index is 10.6. The summed E-state index contributed by atoms with van der Waals surface area (Å²) in [6.07, 6.45) is 3.70. The van der Waals surface area contributed by atoms with Gasteiger partial charge in [-0.05, 0) is 12.0 Å². The van der Waals surface area contributed by atoms with E-state index in [1.807, 2.05) is 6.07 Å². The van der Waals surface area contributed by atoms with Gasteiger partial charge in [0.2, 0.25) is 0 Å². The lowest BCUT2D eigenvalue weighted by Crippen LogP contribution is -2.47. The van der Waals surface area contributed by atoms with Crippen molar-refractivity contribution in [3.63, 3.8) is 0 Å². The zero-order chi connectivity index (χ0) is 23.8. The summed E-state index contributed by atoms with van der Waals surface area (Å²) >= 11 is 0. The number of aliphatic carboxylic acids is 3. The van der Waals surface area contributed by atoms with Gasteiger partial charge in [0.1, 0.15) is 0 Å². The first-order chi connectivity index (χ1) is 15.3. The number of carboxylic acid groups (broad SMARTS) is 3. The van der Waals surface area contributed by atoms with Gasteiger partial charge < -0.3 is 25.0 Å². The molecular weight excluding hydrogens is 416 g/mol. The molecule has 0 bridgehead atoms. The van der Waals surface area contributed by atoms with E-state index in [-0.39, 0.29) is 12.5 Å². The Kier molecular flexibility index (Phi) is 13.6. The molecule has 1 aromatic rings. The lowest BCUT2D eigenvalue weighted by molar-refractivity contribution is -0.137. The van der Waals surface area contributed by atoms with Crippen molar-refractivity contribution in [1.82, 2.24) is 9.80 Å². The Bertz CT molecular complexity index is 700. The predicted octanol–water partition coefficient (Wildman–Crippen LogP) is 2.35. The van der Waals surface area contributed by atoms with Crippen LogP contribution in [0.5, 0.6) is 0 Å². The number of carboxylic acids is 3. The fourth-order valence-electron chi connectivity index (χ4n) is 3.23. The molecule has 2 rings (SSSR count). The van der Waals surface area contributed by atoms with Gasteiger partial charge in [0.05, 0.1) is 19.1 Å². The fourth-order valence-corrected chi connectivity index (χ4v) is 3.23. The Balaban J connectivity index is 0.000000547. The minimum Gasteiger partial charge on any atom is -0.481 e. The third kappa shape index (κ3) is 12.8. The number of ether oxygens (including phenoxy) is 1. The maximum absolute atomic E-state index is 10.6. The summed E-state index contributed by atoms with van der Waals surface area (Å²) in [6.45, 7) is 8.42. The molecule has 1 unspecified atom stereocenters. The lowest BCUT2D eigenvalue weighted by Gasteiger charge is -2.34. The topological polar surface area (TPSA) is 128 Å². The highest BCUT2D eigenvalue weighted by molar-refractivity contribution is 5.89. The van der Waals surface area contributed by atoms with Crippen LogP contribution in [-0.4, -0.2) is 88.9 Å². The van der Waals surface area contributed by atoms with Gasteiger partial charge in [0.25, 0.3) is 0 Å². The Hall–Kier alpha value is -2.75. The number of rotatable bonds is 12. The second-order valence-corrected chi connectivity index (χ2v) is 7.40. The second-order valence-electron chi connectivity index (χ2n) is 7.40. The van der Waals surface area contributed by atoms with E-state index in [0.29, 0.717) is 18.7 Å². The molecule has 9 nitrogen and oxygen atoms in total. The van der Waals surface area contributed by atoms with E-state index >= 15 is 0 Å². The van der Waals surface area contributed by atoms with Gasteiger partial charge in [-0.15, -0.1) is 0 Å². The Morgan fingerprint density at radius 2 is 1.47 bits per heavy atom. The molecule has 9 heteroatoms. The molecule has 0 amide bonds. The van der Waals surface area contributed by atoms with Crippen LogP contribution in [0, 0.1) is 0 Å². The van der Waals surface area contributed by atoms with Gasteiger partial charge in [0, 0.05) is 51.4 Å². The number of hydrogen-bond acceptors (Lipinski definition) is 6. The van der Waals surface area contributed by atoms with Crippen molar-refractivity contribution in [3.05, 3.63) is 48.0 Å². The normalized spacial score (nSPS) is 15.7. The Morgan fingerprint density at radius 3 is 1.94 bits per heavy atom. The number of piperazine rings is 1. The molecule has 1 saturated heterocycles. The van der Waals surface area contributed by atoms with Crippen molar-refractivity contribution < 1.29 is 34.4 Å². The van der Waals surface area contributed by atoms with Crippen LogP contribution in [0.3, 0.4) is 0 Å². The zero-order valence-corrected chi connectivity index (χ0v) is 18.6. The highest BCUT2D eigenvalue weighted by Gasteiger charge is 2.18. The summed E-state index contributed by atoms with van der Waals surface area (Å²) in [7, 11) is 0. The van der Waals surface area contributed by atoms with Gasteiger partial charge in [-0.1, -0.05) is 43.7 Å². The van der Waals surface area contributed by atoms with Crippen LogP contribution in [-0.2, 0) is 19.1 Å². The molecule has 0 spiro atoms. The molecule has 1 fully saturated rings. The molecule has 1 aromatic carbocycles. The summed E-state index contributed by atoms with van der Waals surface area (Å²) in [5, 5.41) is 24.4. The van der Waals surface area contributed by atoms with Crippen LogP contribution in [0.4, 0.5) is 0 Å². The van der Waals surface area contributed by atoms with E-state index in [2.05, 4.69) is 41.0 Å². The average Bonchev–Trinajstić information content (AvgIpc) is 2.77. The lowest BCUT2D eigenvalue weighted by atomic mass is 10.1. The number of benzene rings is 1. The van der Waals surface area contributed by atoms with E-state index in [1.54, 1.807) is 0 Å². The first-order valence-electron chi connectivity index (χ1n) is 10.8. The van der Waals surface area contributed by atoms with E-state index < -0.39 is 17.9 Å². The van der Waals surface area contributed by atoms with Gasteiger partial charge in [-0.25, -0.2) is 9.59 Å². The predicted molar refractivity (Wildman–Crippen MR) is 120 cm³/mol. The van der Waals surface area contributed by atoms with Crippen molar-refractivity contribution in [2.45, 2.75) is 32.3 Å². The summed E-state index contributed by atoms with van der Waals surface area (Å²) in [5.41, 5.74) is 1.26. The van der Waals surface area contributed by atoms with Crippen molar-refractivity contribution in [2.24, 2.45) is 0 Å². The van der Waals surface area contributed by atoms with E-state index in [1.165, 1.54) is 5.56 Å². The molecule has 1 aliphatic rings. The highest BCUT2D eigenvalue weighted by atomic mass is 16.5. The molecule has 1 atom stereocenters. The second kappa shape index (κ2) is 16.0. The summed E-state index contributed by atoms with van der Waals surface area (Å²) in [4.78, 5) is 34.4. The summed E-state index contributed by atoms with van der Waals surface area (Å²) < 4.78 is 6.14. The molecule has 32 heavy (non-hydrogen) atoms.